The van der Waals surface area contributed by atoms with Crippen LogP contribution in [0.3, 0.4) is 0 Å². The zero-order chi connectivity index (χ0) is 47.5. The Hall–Kier alpha value is -7.20. The minimum absolute atomic E-state index is 0. The predicted molar refractivity (Wildman–Crippen MR) is 292 cm³/mol. The Morgan fingerprint density at radius 2 is 1.06 bits per heavy atom. The number of aromatic nitrogens is 2. The molecule has 0 unspecified atom stereocenters. The Kier molecular flexibility index (Phi) is 13.2. The summed E-state index contributed by atoms with van der Waals surface area (Å²) in [5, 5.41) is 2.22. The molecule has 0 atom stereocenters. The summed E-state index contributed by atoms with van der Waals surface area (Å²) in [4.78, 5) is 9.47. The summed E-state index contributed by atoms with van der Waals surface area (Å²) in [7, 11) is 0. The molecule has 10 aromatic rings. The number of hydrogen-bond donors (Lipinski definition) is 0. The van der Waals surface area contributed by atoms with E-state index in [1.54, 1.807) is 0 Å². The Labute approximate surface area is 434 Å². The maximum Gasteiger partial charge on any atom is 4.00 e. The van der Waals surface area contributed by atoms with E-state index in [1.807, 2.05) is 12.3 Å². The number of hydrogen-bond acceptors (Lipinski definition) is 4. The van der Waals surface area contributed by atoms with Crippen LogP contribution in [0, 0.1) is 26.2 Å². The van der Waals surface area contributed by atoms with Crippen molar-refractivity contribution in [1.29, 1.82) is 0 Å². The van der Waals surface area contributed by atoms with E-state index in [2.05, 4.69) is 270 Å². The molecular formula is C65H58N4OPt. The summed E-state index contributed by atoms with van der Waals surface area (Å²) < 4.78 is 9.11. The molecule has 11 rings (SSSR count). The zero-order valence-corrected chi connectivity index (χ0v) is 43.9. The van der Waals surface area contributed by atoms with Crippen LogP contribution in [0.1, 0.15) is 76.3 Å². The van der Waals surface area contributed by atoms with Gasteiger partial charge in [0.05, 0.1) is 0 Å². The molecule has 0 radical (unpaired) electrons. The Morgan fingerprint density at radius 1 is 0.479 bits per heavy atom. The topological polar surface area (TPSA) is 33.5 Å². The van der Waals surface area contributed by atoms with Crippen molar-refractivity contribution in [3.05, 3.63) is 254 Å². The molecule has 8 aromatic carbocycles. The van der Waals surface area contributed by atoms with Gasteiger partial charge in [-0.3, -0.25) is 0 Å². The second-order valence-corrected chi connectivity index (χ2v) is 20.3. The molecule has 354 valence electrons. The van der Waals surface area contributed by atoms with Gasteiger partial charge in [-0.15, -0.1) is 53.6 Å². The van der Waals surface area contributed by atoms with Crippen molar-refractivity contribution in [3.8, 4) is 28.4 Å². The molecule has 1 aliphatic heterocycles. The standard InChI is InChI=1S/C64H55N4O.CH3.Pt/c1-62(2,3)48-33-34-65-61(40-48)68-57-28-18-17-27-55(57)56-32-31-53(42-60(56)68)69-54-36-45(44-21-11-8-12-22-44)35-51(41-54)66-43-67(59-30-20-19-29-58(59)66)52-38-49(63(4,5)46-23-13-9-14-24-46)37-50(39-52)64(6,7)47-25-15-10-16-26-47;;/h8-40,43H,1-7H3;1H3;/q-3;-1;+4. The fraction of sp³-hybridized carbons (Fsp3) is 0.154. The van der Waals surface area contributed by atoms with Gasteiger partial charge in [-0.1, -0.05) is 181 Å². The Morgan fingerprint density at radius 3 is 1.69 bits per heavy atom. The monoisotopic (exact) mass is 1110 g/mol. The van der Waals surface area contributed by atoms with E-state index in [1.165, 1.54) is 27.8 Å². The van der Waals surface area contributed by atoms with Crippen LogP contribution in [0.15, 0.2) is 200 Å². The van der Waals surface area contributed by atoms with Crippen molar-refractivity contribution in [2.24, 2.45) is 0 Å². The van der Waals surface area contributed by atoms with E-state index >= 15 is 0 Å². The summed E-state index contributed by atoms with van der Waals surface area (Å²) in [5.74, 6) is 2.02. The van der Waals surface area contributed by atoms with Gasteiger partial charge in [0.15, 0.2) is 0 Å². The van der Waals surface area contributed by atoms with Gasteiger partial charge in [0.2, 0.25) is 0 Å². The molecule has 5 nitrogen and oxygen atoms in total. The van der Waals surface area contributed by atoms with Gasteiger partial charge in [-0.05, 0) is 86.6 Å². The number of benzene rings is 8. The molecule has 3 heterocycles. The first-order valence-electron chi connectivity index (χ1n) is 23.9. The summed E-state index contributed by atoms with van der Waals surface area (Å²) in [5.41, 5.74) is 13.8. The Bertz CT molecular complexity index is 3430. The molecule has 0 fully saturated rings. The SMILES string of the molecule is CC(C)(C)c1ccnc(-n2c3[c-]c(Oc4[c-]c(N5[CH-]N(c6cc(C(C)(C)c7ccccc7)cc(C(C)(C)c7ccccc7)c6)c6ccccc65)cc(-c5ccccc5)c4)ccc3c3ccccc32)c1.[CH3-].[Pt+4]. The average Bonchev–Trinajstić information content (AvgIpc) is 3.93. The first-order valence-corrected chi connectivity index (χ1v) is 23.9. The third-order valence-corrected chi connectivity index (χ3v) is 14.1. The van der Waals surface area contributed by atoms with Crippen molar-refractivity contribution in [3.63, 3.8) is 0 Å². The normalized spacial score (nSPS) is 12.7. The van der Waals surface area contributed by atoms with Crippen molar-refractivity contribution < 1.29 is 25.8 Å². The summed E-state index contributed by atoms with van der Waals surface area (Å²) in [6, 6.07) is 76.5. The number of nitrogens with zero attached hydrogens (tertiary/aromatic N) is 4. The largest absolute Gasteiger partial charge is 4.00 e. The van der Waals surface area contributed by atoms with Crippen LogP contribution in [-0.2, 0) is 37.3 Å². The first-order chi connectivity index (χ1) is 33.3. The van der Waals surface area contributed by atoms with Crippen LogP contribution in [-0.4, -0.2) is 9.55 Å². The van der Waals surface area contributed by atoms with Crippen LogP contribution < -0.4 is 14.5 Å². The minimum atomic E-state index is -0.275. The molecule has 0 spiro atoms. The van der Waals surface area contributed by atoms with E-state index in [-0.39, 0.29) is 44.7 Å². The number of para-hydroxylation sites is 3. The molecule has 0 N–H and O–H groups in total. The van der Waals surface area contributed by atoms with Crippen LogP contribution in [0.5, 0.6) is 11.5 Å². The summed E-state index contributed by atoms with van der Waals surface area (Å²) in [6.07, 6.45) is 1.91. The molecule has 0 saturated heterocycles. The predicted octanol–water partition coefficient (Wildman–Crippen LogP) is 17.0. The second-order valence-electron chi connectivity index (χ2n) is 20.3. The first kappa shape index (κ1) is 48.8. The van der Waals surface area contributed by atoms with Gasteiger partial charge in [-0.2, -0.15) is 6.07 Å². The van der Waals surface area contributed by atoms with E-state index in [0.717, 1.165) is 61.5 Å². The molecular weight excluding hydrogens is 1050 g/mol. The van der Waals surface area contributed by atoms with Gasteiger partial charge in [0.25, 0.3) is 0 Å². The zero-order valence-electron chi connectivity index (χ0n) is 41.6. The van der Waals surface area contributed by atoms with Crippen LogP contribution in [0.4, 0.5) is 22.7 Å². The van der Waals surface area contributed by atoms with E-state index in [4.69, 9.17) is 9.72 Å². The van der Waals surface area contributed by atoms with Crippen LogP contribution in [0.2, 0.25) is 0 Å². The number of anilines is 4. The van der Waals surface area contributed by atoms with E-state index in [9.17, 15) is 0 Å². The minimum Gasteiger partial charge on any atom is -0.509 e. The molecule has 71 heavy (non-hydrogen) atoms. The fourth-order valence-electron chi connectivity index (χ4n) is 9.83. The van der Waals surface area contributed by atoms with Crippen LogP contribution >= 0.6 is 0 Å². The summed E-state index contributed by atoms with van der Waals surface area (Å²) >= 11 is 0. The van der Waals surface area contributed by atoms with Crippen molar-refractivity contribution in [2.75, 3.05) is 9.80 Å². The fourth-order valence-corrected chi connectivity index (χ4v) is 9.83. The number of ether oxygens (including phenoxy) is 1. The maximum absolute atomic E-state index is 6.90. The van der Waals surface area contributed by atoms with Gasteiger partial charge >= 0.3 is 21.1 Å². The quantitative estimate of drug-likeness (QED) is 0.128. The van der Waals surface area contributed by atoms with Gasteiger partial charge in [0.1, 0.15) is 5.82 Å². The van der Waals surface area contributed by atoms with Crippen molar-refractivity contribution in [1.82, 2.24) is 9.55 Å². The van der Waals surface area contributed by atoms with Crippen molar-refractivity contribution in [2.45, 2.75) is 64.7 Å². The number of fused-ring (bicyclic) bond motifs is 4. The second kappa shape index (κ2) is 19.2. The van der Waals surface area contributed by atoms with E-state index < -0.39 is 0 Å². The molecule has 2 aromatic heterocycles. The average molecular weight is 1110 g/mol. The third-order valence-electron chi connectivity index (χ3n) is 14.1. The molecule has 1 aliphatic rings. The molecule has 6 heteroatoms. The smallest absolute Gasteiger partial charge is 0.509 e. The van der Waals surface area contributed by atoms with Gasteiger partial charge < -0.3 is 26.5 Å². The Balaban J connectivity index is 0.00000312. The maximum atomic E-state index is 6.90. The van der Waals surface area contributed by atoms with Gasteiger partial charge in [0, 0.05) is 51.1 Å². The van der Waals surface area contributed by atoms with E-state index in [0.29, 0.717) is 11.5 Å². The summed E-state index contributed by atoms with van der Waals surface area (Å²) in [6.45, 7) is 18.2. The third kappa shape index (κ3) is 9.09. The molecule has 0 bridgehead atoms. The molecule has 0 amide bonds. The van der Waals surface area contributed by atoms with Gasteiger partial charge in [-0.25, -0.2) is 4.98 Å². The van der Waals surface area contributed by atoms with Crippen LogP contribution in [0.25, 0.3) is 38.8 Å². The molecule has 0 aliphatic carbocycles. The number of pyridine rings is 1. The molecule has 0 saturated carbocycles. The van der Waals surface area contributed by atoms with Crippen molar-refractivity contribution >= 4 is 44.6 Å². The number of rotatable bonds is 10.